The van der Waals surface area contributed by atoms with Gasteiger partial charge in [0, 0.05) is 0 Å². The molecule has 0 aliphatic heterocycles. The lowest BCUT2D eigenvalue weighted by Gasteiger charge is -2.10. The van der Waals surface area contributed by atoms with Crippen LogP contribution in [0.2, 0.25) is 0 Å². The summed E-state index contributed by atoms with van der Waals surface area (Å²) < 4.78 is 42.2. The number of carbonyl (C=O) groups excluding carboxylic acids is 1. The zero-order valence-electron chi connectivity index (χ0n) is 10.8. The molecule has 0 saturated heterocycles. The number of esters is 1. The molecule has 0 saturated carbocycles. The average Bonchev–Trinajstić information content (AvgIpc) is 2.39. The predicted octanol–water partition coefficient (Wildman–Crippen LogP) is 3.34. The highest BCUT2D eigenvalue weighted by molar-refractivity contribution is 5.75. The van der Waals surface area contributed by atoms with Gasteiger partial charge in [0.25, 0.3) is 0 Å². The van der Waals surface area contributed by atoms with Crippen LogP contribution in [0.5, 0.6) is 0 Å². The highest BCUT2D eigenvalue weighted by Crippen LogP contribution is 2.29. The van der Waals surface area contributed by atoms with E-state index in [-0.39, 0.29) is 19.4 Å². The Bertz CT molecular complexity index is 474. The van der Waals surface area contributed by atoms with Crippen molar-refractivity contribution >= 4 is 5.97 Å². The lowest BCUT2D eigenvalue weighted by Crippen LogP contribution is -2.21. The molecule has 1 aromatic rings. The summed E-state index contributed by atoms with van der Waals surface area (Å²) in [5.74, 6) is -0.755. The van der Waals surface area contributed by atoms with E-state index in [4.69, 9.17) is 0 Å². The van der Waals surface area contributed by atoms with Crippen LogP contribution in [0, 0.1) is 4.91 Å². The van der Waals surface area contributed by atoms with Crippen LogP contribution in [0.15, 0.2) is 29.4 Å². The summed E-state index contributed by atoms with van der Waals surface area (Å²) in [6.07, 6.45) is -4.26. The van der Waals surface area contributed by atoms with Crippen molar-refractivity contribution in [2.24, 2.45) is 5.18 Å². The highest BCUT2D eigenvalue weighted by atomic mass is 19.4. The first-order chi connectivity index (χ1) is 9.38. The highest BCUT2D eigenvalue weighted by Gasteiger charge is 2.30. The molecule has 0 heterocycles. The molecule has 1 aromatic carbocycles. The fraction of sp³-hybridized carbons (Fsp3) is 0.462. The maximum absolute atomic E-state index is 12.5. The number of carbonyl (C=O) groups is 1. The normalized spacial score (nSPS) is 12.8. The zero-order chi connectivity index (χ0) is 15.2. The lowest BCUT2D eigenvalue weighted by molar-refractivity contribution is -0.144. The van der Waals surface area contributed by atoms with Crippen LogP contribution in [0.4, 0.5) is 13.2 Å². The molecule has 0 spiro atoms. The van der Waals surface area contributed by atoms with Gasteiger partial charge in [0.15, 0.2) is 6.04 Å². The fourth-order valence-electron chi connectivity index (χ4n) is 1.66. The van der Waals surface area contributed by atoms with Crippen molar-refractivity contribution < 1.29 is 22.7 Å². The number of hydrogen-bond donors (Lipinski definition) is 0. The molecule has 1 unspecified atom stereocenters. The smallest absolute Gasteiger partial charge is 0.416 e. The van der Waals surface area contributed by atoms with E-state index >= 15 is 0 Å². The van der Waals surface area contributed by atoms with Crippen LogP contribution in [0.3, 0.4) is 0 Å². The first-order valence-corrected chi connectivity index (χ1v) is 6.03. The fourth-order valence-corrected chi connectivity index (χ4v) is 1.66. The Morgan fingerprint density at radius 3 is 2.65 bits per heavy atom. The van der Waals surface area contributed by atoms with Crippen LogP contribution >= 0.6 is 0 Å². The molecule has 0 bridgehead atoms. The molecule has 0 fully saturated rings. The first kappa shape index (κ1) is 16.1. The molecule has 0 N–H and O–H groups in total. The molecule has 4 nitrogen and oxygen atoms in total. The van der Waals surface area contributed by atoms with Gasteiger partial charge in [-0.25, -0.2) is 4.79 Å². The second-order valence-corrected chi connectivity index (χ2v) is 4.11. The van der Waals surface area contributed by atoms with Crippen LogP contribution in [0.1, 0.15) is 24.5 Å². The molecule has 0 aliphatic rings. The van der Waals surface area contributed by atoms with E-state index in [2.05, 4.69) is 9.91 Å². The number of hydrogen-bond acceptors (Lipinski definition) is 4. The minimum Gasteiger partial charge on any atom is -0.464 e. The summed E-state index contributed by atoms with van der Waals surface area (Å²) in [5.41, 5.74) is -0.375. The SMILES string of the molecule is CCOC(=O)C(CCc1cccc(C(F)(F)F)c1)N=O. The third kappa shape index (κ3) is 4.64. The first-order valence-electron chi connectivity index (χ1n) is 6.03. The van der Waals surface area contributed by atoms with E-state index in [1.165, 1.54) is 12.1 Å². The monoisotopic (exact) mass is 289 g/mol. The van der Waals surface area contributed by atoms with E-state index in [9.17, 15) is 22.9 Å². The van der Waals surface area contributed by atoms with Gasteiger partial charge in [0.2, 0.25) is 0 Å². The van der Waals surface area contributed by atoms with Gasteiger partial charge in [-0.05, 0) is 31.4 Å². The van der Waals surface area contributed by atoms with E-state index < -0.39 is 23.8 Å². The quantitative estimate of drug-likeness (QED) is 0.596. The van der Waals surface area contributed by atoms with Gasteiger partial charge in [-0.3, -0.25) is 0 Å². The number of alkyl halides is 3. The Labute approximate surface area is 113 Å². The second kappa shape index (κ2) is 7.02. The summed E-state index contributed by atoms with van der Waals surface area (Å²) in [6, 6.07) is 3.55. The van der Waals surface area contributed by atoms with Crippen molar-refractivity contribution in [2.75, 3.05) is 6.61 Å². The second-order valence-electron chi connectivity index (χ2n) is 4.11. The maximum atomic E-state index is 12.5. The van der Waals surface area contributed by atoms with Gasteiger partial charge in [-0.15, -0.1) is 4.91 Å². The molecule has 7 heteroatoms. The third-order valence-electron chi connectivity index (χ3n) is 2.65. The Balaban J connectivity index is 2.69. The third-order valence-corrected chi connectivity index (χ3v) is 2.65. The summed E-state index contributed by atoms with van der Waals surface area (Å²) in [5, 5.41) is 2.65. The zero-order valence-corrected chi connectivity index (χ0v) is 10.8. The van der Waals surface area contributed by atoms with Crippen molar-refractivity contribution in [2.45, 2.75) is 32.0 Å². The summed E-state index contributed by atoms with van der Waals surface area (Å²) in [4.78, 5) is 21.9. The van der Waals surface area contributed by atoms with Crippen molar-refractivity contribution in [3.63, 3.8) is 0 Å². The van der Waals surface area contributed by atoms with Gasteiger partial charge in [-0.2, -0.15) is 13.2 Å². The standard InChI is InChI=1S/C13H14F3NO3/c1-2-20-12(18)11(17-19)7-6-9-4-3-5-10(8-9)13(14,15)16/h3-5,8,11H,2,6-7H2,1H3. The van der Waals surface area contributed by atoms with Crippen LogP contribution in [-0.2, 0) is 22.1 Å². The Kier molecular flexibility index (Phi) is 5.66. The minimum atomic E-state index is -4.42. The van der Waals surface area contributed by atoms with Crippen molar-refractivity contribution in [1.29, 1.82) is 0 Å². The van der Waals surface area contributed by atoms with Gasteiger partial charge < -0.3 is 4.74 Å². The Hall–Kier alpha value is -1.92. The van der Waals surface area contributed by atoms with Crippen molar-refractivity contribution in [1.82, 2.24) is 0 Å². The maximum Gasteiger partial charge on any atom is 0.416 e. The molecule has 1 atom stereocenters. The summed E-state index contributed by atoms with van der Waals surface area (Å²) in [6.45, 7) is 1.71. The van der Waals surface area contributed by atoms with E-state index in [0.29, 0.717) is 5.56 Å². The van der Waals surface area contributed by atoms with Crippen molar-refractivity contribution in [3.05, 3.63) is 40.3 Å². The van der Waals surface area contributed by atoms with Crippen LogP contribution < -0.4 is 0 Å². The van der Waals surface area contributed by atoms with Crippen molar-refractivity contribution in [3.8, 4) is 0 Å². The number of ether oxygens (including phenoxy) is 1. The number of nitroso groups, excluding NO2 is 1. The van der Waals surface area contributed by atoms with Crippen LogP contribution in [0.25, 0.3) is 0 Å². The van der Waals surface area contributed by atoms with Gasteiger partial charge in [0.05, 0.1) is 12.2 Å². The van der Waals surface area contributed by atoms with E-state index in [0.717, 1.165) is 12.1 Å². The largest absolute Gasteiger partial charge is 0.464 e. The summed E-state index contributed by atoms with van der Waals surface area (Å²) >= 11 is 0. The Morgan fingerprint density at radius 1 is 1.40 bits per heavy atom. The molecule has 0 aliphatic carbocycles. The predicted molar refractivity (Wildman–Crippen MR) is 66.0 cm³/mol. The molecule has 0 radical (unpaired) electrons. The molecular formula is C13H14F3NO3. The minimum absolute atomic E-state index is 0.0175. The average molecular weight is 289 g/mol. The van der Waals surface area contributed by atoms with E-state index in [1.807, 2.05) is 0 Å². The van der Waals surface area contributed by atoms with Gasteiger partial charge in [0.1, 0.15) is 0 Å². The lowest BCUT2D eigenvalue weighted by atomic mass is 10.0. The Morgan fingerprint density at radius 2 is 2.10 bits per heavy atom. The summed E-state index contributed by atoms with van der Waals surface area (Å²) in [7, 11) is 0. The molecule has 20 heavy (non-hydrogen) atoms. The topological polar surface area (TPSA) is 55.7 Å². The molecule has 1 rings (SSSR count). The number of nitrogens with zero attached hydrogens (tertiary/aromatic N) is 1. The van der Waals surface area contributed by atoms with E-state index in [1.54, 1.807) is 6.92 Å². The molecule has 0 aromatic heterocycles. The number of rotatable bonds is 6. The molecule has 110 valence electrons. The van der Waals surface area contributed by atoms with Gasteiger partial charge in [-0.1, -0.05) is 23.4 Å². The number of halogens is 3. The number of benzene rings is 1. The molecular weight excluding hydrogens is 275 g/mol. The number of aryl methyl sites for hydroxylation is 1. The molecule has 0 amide bonds. The van der Waals surface area contributed by atoms with Crippen LogP contribution in [-0.4, -0.2) is 18.6 Å². The van der Waals surface area contributed by atoms with Gasteiger partial charge >= 0.3 is 12.1 Å².